The van der Waals surface area contributed by atoms with Crippen LogP contribution >= 0.6 is 0 Å². The summed E-state index contributed by atoms with van der Waals surface area (Å²) in [6, 6.07) is 7.95. The Morgan fingerprint density at radius 1 is 1.07 bits per heavy atom. The number of nitrogens with zero attached hydrogens (tertiary/aromatic N) is 2. The zero-order chi connectivity index (χ0) is 19.7. The van der Waals surface area contributed by atoms with E-state index in [9.17, 15) is 9.59 Å². The topological polar surface area (TPSA) is 69.2 Å². The minimum Gasteiger partial charge on any atom is -0.381 e. The Balaban J connectivity index is 1.59. The number of Topliss-reactive ketones (excluding diaryl/α,β-unsaturated/α-hetero) is 2. The fourth-order valence-corrected chi connectivity index (χ4v) is 4.32. The highest BCUT2D eigenvalue weighted by Gasteiger charge is 2.44. The first-order valence-electron chi connectivity index (χ1n) is 10.1. The molecular formula is C23H26N2O3. The fourth-order valence-electron chi connectivity index (χ4n) is 4.32. The molecule has 1 saturated carbocycles. The molecule has 2 heterocycles. The van der Waals surface area contributed by atoms with Crippen molar-refractivity contribution in [2.75, 3.05) is 13.2 Å². The molecule has 4 rings (SSSR count). The lowest BCUT2D eigenvalue weighted by atomic mass is 9.86. The van der Waals surface area contributed by atoms with Crippen molar-refractivity contribution >= 4 is 11.6 Å². The van der Waals surface area contributed by atoms with Crippen molar-refractivity contribution < 1.29 is 14.3 Å². The maximum absolute atomic E-state index is 13.1. The van der Waals surface area contributed by atoms with Gasteiger partial charge in [0, 0.05) is 37.3 Å². The number of carbonyl (C=O) groups is 2. The Kier molecular flexibility index (Phi) is 5.36. The van der Waals surface area contributed by atoms with Crippen molar-refractivity contribution in [1.29, 1.82) is 0 Å². The van der Waals surface area contributed by atoms with Gasteiger partial charge in [-0.15, -0.1) is 0 Å². The van der Waals surface area contributed by atoms with Gasteiger partial charge in [-0.25, -0.2) is 9.97 Å². The Hall–Kier alpha value is -2.40. The maximum atomic E-state index is 13.1. The van der Waals surface area contributed by atoms with E-state index in [2.05, 4.69) is 9.97 Å². The molecule has 1 saturated heterocycles. The summed E-state index contributed by atoms with van der Waals surface area (Å²) in [6.45, 7) is 5.42. The van der Waals surface area contributed by atoms with Crippen LogP contribution < -0.4 is 0 Å². The molecule has 146 valence electrons. The summed E-state index contributed by atoms with van der Waals surface area (Å²) in [5.41, 5.74) is 3.43. The number of hydrogen-bond donors (Lipinski definition) is 0. The van der Waals surface area contributed by atoms with Crippen molar-refractivity contribution in [3.05, 3.63) is 47.3 Å². The molecule has 1 aromatic heterocycles. The van der Waals surface area contributed by atoms with Crippen molar-refractivity contribution in [2.24, 2.45) is 11.8 Å². The maximum Gasteiger partial charge on any atom is 0.159 e. The zero-order valence-corrected chi connectivity index (χ0v) is 16.5. The molecular weight excluding hydrogens is 352 g/mol. The lowest BCUT2D eigenvalue weighted by molar-refractivity contribution is -0.125. The zero-order valence-electron chi connectivity index (χ0n) is 16.5. The van der Waals surface area contributed by atoms with Crippen LogP contribution in [0.2, 0.25) is 0 Å². The fraction of sp³-hybridized carbons (Fsp3) is 0.478. The number of rotatable bonds is 4. The van der Waals surface area contributed by atoms with E-state index in [0.29, 0.717) is 23.9 Å². The first-order chi connectivity index (χ1) is 13.5. The van der Waals surface area contributed by atoms with Crippen LogP contribution in [0.4, 0.5) is 0 Å². The van der Waals surface area contributed by atoms with Crippen LogP contribution in [-0.4, -0.2) is 34.7 Å². The Morgan fingerprint density at radius 2 is 1.79 bits per heavy atom. The van der Waals surface area contributed by atoms with E-state index < -0.39 is 5.92 Å². The summed E-state index contributed by atoms with van der Waals surface area (Å²) < 4.78 is 5.41. The Labute approximate surface area is 165 Å². The largest absolute Gasteiger partial charge is 0.381 e. The van der Waals surface area contributed by atoms with E-state index in [1.165, 1.54) is 0 Å². The Morgan fingerprint density at radius 3 is 2.50 bits per heavy atom. The standard InChI is InChI=1S/C23H26N2O3/c1-14-3-5-17(6-4-14)23-24-13-15(2)21(25-23)20-19(26)12-18(22(20)27)11-16-7-9-28-10-8-16/h3-6,13,16,18,20H,7-12H2,1-2H3. The number of ketones is 2. The molecule has 2 aromatic rings. The number of aromatic nitrogens is 2. The summed E-state index contributed by atoms with van der Waals surface area (Å²) >= 11 is 0. The molecule has 5 heteroatoms. The molecule has 2 atom stereocenters. The molecule has 1 aromatic carbocycles. The lowest BCUT2D eigenvalue weighted by Crippen LogP contribution is -2.22. The summed E-state index contributed by atoms with van der Waals surface area (Å²) in [5.74, 6) is 0.152. The molecule has 1 aliphatic heterocycles. The highest BCUT2D eigenvalue weighted by Crippen LogP contribution is 2.38. The molecule has 0 amide bonds. The van der Waals surface area contributed by atoms with Crippen LogP contribution in [0.1, 0.15) is 48.4 Å². The monoisotopic (exact) mass is 378 g/mol. The molecule has 0 bridgehead atoms. The summed E-state index contributed by atoms with van der Waals surface area (Å²) in [6.07, 6.45) is 4.81. The van der Waals surface area contributed by atoms with Gasteiger partial charge in [-0.3, -0.25) is 9.59 Å². The number of carbonyl (C=O) groups excluding carboxylic acids is 2. The van der Waals surface area contributed by atoms with E-state index >= 15 is 0 Å². The van der Waals surface area contributed by atoms with Crippen molar-refractivity contribution in [1.82, 2.24) is 9.97 Å². The van der Waals surface area contributed by atoms with E-state index in [0.717, 1.165) is 49.2 Å². The van der Waals surface area contributed by atoms with Gasteiger partial charge in [-0.05, 0) is 44.6 Å². The molecule has 2 aliphatic rings. The predicted molar refractivity (Wildman–Crippen MR) is 106 cm³/mol. The van der Waals surface area contributed by atoms with E-state index in [1.54, 1.807) is 6.20 Å². The SMILES string of the molecule is Cc1ccc(-c2ncc(C)c(C3C(=O)CC(CC4CCOCC4)C3=O)n2)cc1. The van der Waals surface area contributed by atoms with E-state index in [-0.39, 0.29) is 17.5 Å². The number of benzene rings is 1. The summed E-state index contributed by atoms with van der Waals surface area (Å²) in [7, 11) is 0. The molecule has 5 nitrogen and oxygen atoms in total. The molecule has 2 fully saturated rings. The van der Waals surface area contributed by atoms with Crippen LogP contribution in [0, 0.1) is 25.7 Å². The summed E-state index contributed by atoms with van der Waals surface area (Å²) in [5, 5.41) is 0. The van der Waals surface area contributed by atoms with Gasteiger partial charge in [0.25, 0.3) is 0 Å². The van der Waals surface area contributed by atoms with Gasteiger partial charge >= 0.3 is 0 Å². The van der Waals surface area contributed by atoms with Crippen molar-refractivity contribution in [3.63, 3.8) is 0 Å². The van der Waals surface area contributed by atoms with Crippen LogP contribution in [0.25, 0.3) is 11.4 Å². The van der Waals surface area contributed by atoms with Gasteiger partial charge in [0.15, 0.2) is 11.6 Å². The second-order valence-corrected chi connectivity index (χ2v) is 8.12. The van der Waals surface area contributed by atoms with Crippen molar-refractivity contribution in [3.8, 4) is 11.4 Å². The number of ether oxygens (including phenoxy) is 1. The van der Waals surface area contributed by atoms with Crippen LogP contribution in [0.15, 0.2) is 30.5 Å². The van der Waals surface area contributed by atoms with Gasteiger partial charge < -0.3 is 4.74 Å². The van der Waals surface area contributed by atoms with Gasteiger partial charge in [0.2, 0.25) is 0 Å². The third-order valence-corrected chi connectivity index (χ3v) is 6.01. The average molecular weight is 378 g/mol. The third-order valence-electron chi connectivity index (χ3n) is 6.01. The van der Waals surface area contributed by atoms with Gasteiger partial charge in [0.05, 0.1) is 5.69 Å². The highest BCUT2D eigenvalue weighted by molar-refractivity contribution is 6.14. The first kappa shape index (κ1) is 18.9. The van der Waals surface area contributed by atoms with Crippen LogP contribution in [-0.2, 0) is 14.3 Å². The quantitative estimate of drug-likeness (QED) is 0.757. The van der Waals surface area contributed by atoms with Gasteiger partial charge in [-0.2, -0.15) is 0 Å². The minimum absolute atomic E-state index is 0.00119. The smallest absolute Gasteiger partial charge is 0.159 e. The van der Waals surface area contributed by atoms with E-state index in [1.807, 2.05) is 38.1 Å². The molecule has 0 N–H and O–H groups in total. The second kappa shape index (κ2) is 7.92. The summed E-state index contributed by atoms with van der Waals surface area (Å²) in [4.78, 5) is 35.0. The van der Waals surface area contributed by atoms with Crippen LogP contribution in [0.5, 0.6) is 0 Å². The molecule has 2 unspecified atom stereocenters. The van der Waals surface area contributed by atoms with Crippen LogP contribution in [0.3, 0.4) is 0 Å². The Bertz CT molecular complexity index is 885. The van der Waals surface area contributed by atoms with E-state index in [4.69, 9.17) is 4.74 Å². The second-order valence-electron chi connectivity index (χ2n) is 8.12. The number of aryl methyl sites for hydroxylation is 2. The first-order valence-corrected chi connectivity index (χ1v) is 10.1. The molecule has 1 aliphatic carbocycles. The molecule has 28 heavy (non-hydrogen) atoms. The minimum atomic E-state index is -0.739. The third kappa shape index (κ3) is 3.76. The van der Waals surface area contributed by atoms with Crippen molar-refractivity contribution in [2.45, 2.75) is 45.4 Å². The van der Waals surface area contributed by atoms with Gasteiger partial charge in [0.1, 0.15) is 11.7 Å². The molecule has 0 spiro atoms. The van der Waals surface area contributed by atoms with Gasteiger partial charge in [-0.1, -0.05) is 29.8 Å². The normalized spacial score (nSPS) is 23.4. The highest BCUT2D eigenvalue weighted by atomic mass is 16.5. The number of hydrogen-bond acceptors (Lipinski definition) is 5. The average Bonchev–Trinajstić information content (AvgIpc) is 2.97. The molecule has 0 radical (unpaired) electrons. The lowest BCUT2D eigenvalue weighted by Gasteiger charge is -2.24. The predicted octanol–water partition coefficient (Wildman–Crippen LogP) is 3.82.